The van der Waals surface area contributed by atoms with E-state index in [1.165, 1.54) is 6.08 Å². The van der Waals surface area contributed by atoms with Crippen molar-refractivity contribution in [2.24, 2.45) is 11.8 Å². The second-order valence-electron chi connectivity index (χ2n) is 12.0. The van der Waals surface area contributed by atoms with Gasteiger partial charge in [-0.05, 0) is 61.6 Å². The molecule has 0 bridgehead atoms. The molecule has 0 amide bonds. The number of aliphatic hydroxyl groups is 1. The smallest absolute Gasteiger partial charge is 0.162 e. The summed E-state index contributed by atoms with van der Waals surface area (Å²) in [6.45, 7) is 5.78. The third kappa shape index (κ3) is 7.64. The van der Waals surface area contributed by atoms with Crippen LogP contribution in [0.2, 0.25) is 0 Å². The van der Waals surface area contributed by atoms with Crippen LogP contribution in [0.3, 0.4) is 0 Å². The molecule has 1 aromatic heterocycles. The van der Waals surface area contributed by atoms with E-state index in [1.54, 1.807) is 12.3 Å². The largest absolute Gasteiger partial charge is 0.682 e. The van der Waals surface area contributed by atoms with Crippen molar-refractivity contribution < 1.29 is 39.9 Å². The number of hydrogen-bond donors (Lipinski definition) is 1. The summed E-state index contributed by atoms with van der Waals surface area (Å²) in [5.74, 6) is 0.0258. The molecule has 4 nitrogen and oxygen atoms in total. The van der Waals surface area contributed by atoms with Gasteiger partial charge < -0.3 is 14.8 Å². The number of hydrogen-bond acceptors (Lipinski definition) is 3. The van der Waals surface area contributed by atoms with Gasteiger partial charge in [0.25, 0.3) is 0 Å². The van der Waals surface area contributed by atoms with E-state index in [-0.39, 0.29) is 49.0 Å². The van der Waals surface area contributed by atoms with Crippen molar-refractivity contribution in [1.82, 2.24) is 0 Å². The molecule has 241 valence electrons. The Bertz CT molecular complexity index is 1810. The zero-order valence-electron chi connectivity index (χ0n) is 30.8. The van der Waals surface area contributed by atoms with E-state index in [9.17, 15) is 9.90 Å². The molecule has 5 heteroatoms. The fourth-order valence-corrected chi connectivity index (χ4v) is 6.56. The first-order valence-corrected chi connectivity index (χ1v) is 16.3. The number of rotatable bonds is 9. The third-order valence-electron chi connectivity index (χ3n) is 9.28. The molecule has 1 unspecified atom stereocenters. The number of fused-ring (bicyclic) bond motifs is 4. The Labute approximate surface area is 288 Å². The van der Waals surface area contributed by atoms with Crippen molar-refractivity contribution in [3.63, 3.8) is 0 Å². The average Bonchev–Trinajstić information content (AvgIpc) is 3.69. The molecule has 1 fully saturated rings. The molecule has 6 rings (SSSR count). The van der Waals surface area contributed by atoms with Crippen molar-refractivity contribution in [3.05, 3.63) is 106 Å². The summed E-state index contributed by atoms with van der Waals surface area (Å²) in [6, 6.07) is 18.3. The number of nitrogens with zero attached hydrogens (tertiary/aromatic N) is 1. The van der Waals surface area contributed by atoms with Crippen molar-refractivity contribution in [2.45, 2.75) is 97.8 Å². The summed E-state index contributed by atoms with van der Waals surface area (Å²) in [5.41, 5.74) is 5.16. The first kappa shape index (κ1) is 29.3. The predicted molar refractivity (Wildman–Crippen MR) is 183 cm³/mol. The Kier molecular flexibility index (Phi) is 10.4. The van der Waals surface area contributed by atoms with Gasteiger partial charge in [0.1, 0.15) is 5.58 Å². The number of benzene rings is 3. The van der Waals surface area contributed by atoms with E-state index in [1.807, 2.05) is 70.2 Å². The number of aryl methyl sites for hydroxylation is 1. The van der Waals surface area contributed by atoms with Gasteiger partial charge in [-0.15, -0.1) is 5.56 Å². The maximum Gasteiger partial charge on any atom is 0.162 e. The number of para-hydroxylation sites is 1. The monoisotopic (exact) mass is 786 g/mol. The Balaban J connectivity index is 0.000000290. The van der Waals surface area contributed by atoms with E-state index in [2.05, 4.69) is 12.1 Å². The van der Waals surface area contributed by atoms with E-state index in [0.717, 1.165) is 78.8 Å². The van der Waals surface area contributed by atoms with Gasteiger partial charge in [-0.1, -0.05) is 107 Å². The normalized spacial score (nSPS) is 18.7. The number of carbonyl (C=O) groups is 1. The molecule has 1 aliphatic heterocycles. The van der Waals surface area contributed by atoms with Crippen LogP contribution in [0.25, 0.3) is 33.3 Å². The van der Waals surface area contributed by atoms with Gasteiger partial charge in [0.15, 0.2) is 5.78 Å². The summed E-state index contributed by atoms with van der Waals surface area (Å²) in [4.78, 5) is 11.7. The third-order valence-corrected chi connectivity index (χ3v) is 9.28. The van der Waals surface area contributed by atoms with Gasteiger partial charge in [-0.2, -0.15) is 23.9 Å². The van der Waals surface area contributed by atoms with Gasteiger partial charge in [-0.25, -0.2) is 0 Å². The topological polar surface area (TPSA) is 64.5 Å². The summed E-state index contributed by atoms with van der Waals surface area (Å²) in [5, 5.41) is 16.1. The Morgan fingerprint density at radius 2 is 1.76 bits per heavy atom. The van der Waals surface area contributed by atoms with Gasteiger partial charge in [0.05, 0.1) is 5.76 Å². The standard InChI is InChI=1S/C27H23NO.C13H24O2.Ir/c1-17-14-23-22-8-4-5-9-25(22)29-27(23)24(15-17)26-21-11-10-19(18-6-2-3-7-18)16-20(21)12-13-28-26;1-5-10(6-2)12(14)9-13(15)11(7-3)8-4;/h4-5,8-14,16,18,26H,2-3,6-7H2,1H3;9-11,14H,5-8H2,1-4H3;/q-2;;/b;12-9-;/i1D3,18D;;. The van der Waals surface area contributed by atoms with Crippen LogP contribution < -0.4 is 0 Å². The van der Waals surface area contributed by atoms with Crippen LogP contribution in [-0.4, -0.2) is 10.9 Å². The molecule has 1 radical (unpaired) electrons. The molecular weight excluding hydrogens is 735 g/mol. The molecule has 1 saturated carbocycles. The maximum atomic E-state index is 11.7. The SMILES string of the molecule is CCC(CC)C(=O)/C=C(\O)C(CC)CC.[2H]C([2H])([2H])c1[c-]c(C2[N-]C=Cc3cc(C4([2H])CCCC4)ccc32)c2oc3ccccc3c2c1.[Ir]. The fraction of sp³-hybridized carbons (Fsp3) is 0.425. The first-order valence-electron chi connectivity index (χ1n) is 18.3. The van der Waals surface area contributed by atoms with E-state index >= 15 is 0 Å². The average molecular weight is 786 g/mol. The minimum Gasteiger partial charge on any atom is -0.682 e. The second kappa shape index (κ2) is 15.9. The molecule has 4 aromatic rings. The minimum atomic E-state index is -2.29. The molecule has 1 N–H and O–H groups in total. The molecule has 0 spiro atoms. The van der Waals surface area contributed by atoms with E-state index in [4.69, 9.17) is 15.2 Å². The Morgan fingerprint density at radius 1 is 1.04 bits per heavy atom. The predicted octanol–water partition coefficient (Wildman–Crippen LogP) is 11.7. The number of aliphatic hydroxyl groups excluding tert-OH is 1. The molecule has 0 saturated heterocycles. The van der Waals surface area contributed by atoms with Gasteiger partial charge in [-0.3, -0.25) is 4.79 Å². The van der Waals surface area contributed by atoms with Crippen molar-refractivity contribution in [2.75, 3.05) is 0 Å². The number of furan rings is 1. The molecule has 1 aliphatic carbocycles. The Hall–Kier alpha value is -3.14. The van der Waals surface area contributed by atoms with Crippen LogP contribution in [0.1, 0.15) is 124 Å². The number of ketones is 1. The van der Waals surface area contributed by atoms with Gasteiger partial charge in [0, 0.05) is 54.5 Å². The van der Waals surface area contributed by atoms with Crippen molar-refractivity contribution in [3.8, 4) is 0 Å². The van der Waals surface area contributed by atoms with Crippen LogP contribution in [0.15, 0.2) is 71.0 Å². The zero-order chi connectivity index (χ0) is 34.6. The molecule has 1 atom stereocenters. The fourth-order valence-electron chi connectivity index (χ4n) is 6.56. The van der Waals surface area contributed by atoms with Crippen LogP contribution in [0, 0.1) is 24.8 Å². The summed E-state index contributed by atoms with van der Waals surface area (Å²) in [7, 11) is 0. The van der Waals surface area contributed by atoms with E-state index < -0.39 is 18.8 Å². The van der Waals surface area contributed by atoms with Crippen molar-refractivity contribution >= 4 is 33.8 Å². The maximum absolute atomic E-state index is 11.7. The molecule has 2 aliphatic rings. The summed E-state index contributed by atoms with van der Waals surface area (Å²) >= 11 is 0. The quantitative estimate of drug-likeness (QED) is 0.104. The van der Waals surface area contributed by atoms with Crippen LogP contribution >= 0.6 is 0 Å². The summed E-state index contributed by atoms with van der Waals surface area (Å²) in [6.07, 6.45) is 12.6. The minimum absolute atomic E-state index is 0. The van der Waals surface area contributed by atoms with Crippen molar-refractivity contribution in [1.29, 1.82) is 0 Å². The van der Waals surface area contributed by atoms with Gasteiger partial charge >= 0.3 is 0 Å². The van der Waals surface area contributed by atoms with Crippen LogP contribution in [0.5, 0.6) is 0 Å². The van der Waals surface area contributed by atoms with E-state index in [0.29, 0.717) is 16.7 Å². The molecule has 2 heterocycles. The Morgan fingerprint density at radius 3 is 2.44 bits per heavy atom. The summed E-state index contributed by atoms with van der Waals surface area (Å²) < 4.78 is 39.1. The number of allylic oxidation sites excluding steroid dienone is 2. The van der Waals surface area contributed by atoms with Crippen LogP contribution in [0.4, 0.5) is 0 Å². The first-order chi connectivity index (χ1) is 22.9. The van der Waals surface area contributed by atoms with Crippen LogP contribution in [-0.2, 0) is 24.9 Å². The number of carbonyl (C=O) groups excluding carboxylic acids is 1. The zero-order valence-corrected chi connectivity index (χ0v) is 29.2. The van der Waals surface area contributed by atoms with Gasteiger partial charge in [0.2, 0.25) is 0 Å². The second-order valence-corrected chi connectivity index (χ2v) is 12.0. The molecule has 45 heavy (non-hydrogen) atoms. The molecular formula is C40H47IrNO3-2. The molecule has 3 aromatic carbocycles.